The number of rotatable bonds is 9. The van der Waals surface area contributed by atoms with Crippen molar-refractivity contribution in [2.75, 3.05) is 6.54 Å². The van der Waals surface area contributed by atoms with Crippen LogP contribution in [-0.2, 0) is 11.2 Å². The van der Waals surface area contributed by atoms with Crippen molar-refractivity contribution in [2.24, 2.45) is 5.73 Å². The minimum Gasteiger partial charge on any atom is -0.473 e. The van der Waals surface area contributed by atoms with E-state index in [1.807, 2.05) is 43.3 Å². The van der Waals surface area contributed by atoms with E-state index in [1.165, 1.54) is 30.4 Å². The molecule has 176 valence electrons. The summed E-state index contributed by atoms with van der Waals surface area (Å²) >= 11 is 0. The monoisotopic (exact) mass is 455 g/mol. The maximum absolute atomic E-state index is 11.0. The Balaban J connectivity index is 2.06. The van der Waals surface area contributed by atoms with E-state index in [9.17, 15) is 10.1 Å². The summed E-state index contributed by atoms with van der Waals surface area (Å²) in [5.41, 5.74) is 11.7. The summed E-state index contributed by atoms with van der Waals surface area (Å²) < 4.78 is 6.33. The lowest BCUT2D eigenvalue weighted by Crippen LogP contribution is -2.24. The Labute approximate surface area is 202 Å². The number of carbonyl (C=O) groups is 1. The molecule has 5 heteroatoms. The molecule has 1 atom stereocenters. The molecule has 1 heterocycles. The van der Waals surface area contributed by atoms with Gasteiger partial charge in [-0.05, 0) is 61.8 Å². The van der Waals surface area contributed by atoms with E-state index in [2.05, 4.69) is 12.1 Å². The fourth-order valence-corrected chi connectivity index (χ4v) is 5.16. The fraction of sp³-hybridized carbons (Fsp3) is 0.414. The van der Waals surface area contributed by atoms with E-state index >= 15 is 0 Å². The average molecular weight is 456 g/mol. The molecular weight excluding hydrogens is 422 g/mol. The zero-order chi connectivity index (χ0) is 23.9. The first kappa shape index (κ1) is 23.9. The van der Waals surface area contributed by atoms with Crippen LogP contribution in [0.4, 0.5) is 0 Å². The van der Waals surface area contributed by atoms with Gasteiger partial charge in [0.15, 0.2) is 0 Å². The Morgan fingerprint density at radius 2 is 1.97 bits per heavy atom. The van der Waals surface area contributed by atoms with Crippen LogP contribution >= 0.6 is 0 Å². The number of aryl methyl sites for hydroxylation is 1. The Kier molecular flexibility index (Phi) is 7.92. The molecule has 0 bridgehead atoms. The molecule has 0 amide bonds. The quantitative estimate of drug-likeness (QED) is 0.312. The third-order valence-electron chi connectivity index (χ3n) is 6.85. The van der Waals surface area contributed by atoms with E-state index in [-0.39, 0.29) is 6.10 Å². The van der Waals surface area contributed by atoms with E-state index in [0.29, 0.717) is 30.3 Å². The first-order valence-electron chi connectivity index (χ1n) is 12.4. The molecule has 0 saturated heterocycles. The van der Waals surface area contributed by atoms with Crippen molar-refractivity contribution < 1.29 is 9.53 Å². The highest BCUT2D eigenvalue weighted by molar-refractivity contribution is 5.95. The summed E-state index contributed by atoms with van der Waals surface area (Å²) in [5.74, 6) is 0.919. The van der Waals surface area contributed by atoms with Crippen molar-refractivity contribution in [3.8, 4) is 23.1 Å². The number of pyridine rings is 1. The summed E-state index contributed by atoms with van der Waals surface area (Å²) in [6, 6.07) is 16.3. The van der Waals surface area contributed by atoms with Crippen molar-refractivity contribution in [3.63, 3.8) is 0 Å². The SMILES string of the molecule is CC(CN)Oc1nc2cccc(CCCC=O)c2c(C2CCCCC2)c1-c1ccccc1C#N. The summed E-state index contributed by atoms with van der Waals surface area (Å²) in [6.45, 7) is 2.32. The lowest BCUT2D eigenvalue weighted by Gasteiger charge is -2.29. The van der Waals surface area contributed by atoms with Gasteiger partial charge in [-0.3, -0.25) is 0 Å². The molecule has 1 unspecified atom stereocenters. The molecular formula is C29H33N3O2. The van der Waals surface area contributed by atoms with E-state index in [4.69, 9.17) is 15.5 Å². The molecule has 1 aliphatic carbocycles. The summed E-state index contributed by atoms with van der Waals surface area (Å²) in [4.78, 5) is 16.0. The van der Waals surface area contributed by atoms with Crippen molar-refractivity contribution in [3.05, 3.63) is 59.2 Å². The largest absolute Gasteiger partial charge is 0.473 e. The van der Waals surface area contributed by atoms with Gasteiger partial charge in [0.25, 0.3) is 0 Å². The molecule has 2 N–H and O–H groups in total. The van der Waals surface area contributed by atoms with Crippen molar-refractivity contribution in [1.82, 2.24) is 4.98 Å². The third kappa shape index (κ3) is 4.98. The van der Waals surface area contributed by atoms with E-state index in [0.717, 1.165) is 54.0 Å². The van der Waals surface area contributed by atoms with Gasteiger partial charge in [0, 0.05) is 29.5 Å². The van der Waals surface area contributed by atoms with Crippen LogP contribution in [0.5, 0.6) is 5.88 Å². The van der Waals surface area contributed by atoms with Crippen LogP contribution in [0.25, 0.3) is 22.0 Å². The van der Waals surface area contributed by atoms with Crippen LogP contribution in [0.3, 0.4) is 0 Å². The topological polar surface area (TPSA) is 89.0 Å². The number of hydrogen-bond donors (Lipinski definition) is 1. The highest BCUT2D eigenvalue weighted by atomic mass is 16.5. The zero-order valence-electron chi connectivity index (χ0n) is 19.9. The van der Waals surface area contributed by atoms with Crippen LogP contribution in [-0.4, -0.2) is 23.9 Å². The molecule has 5 nitrogen and oxygen atoms in total. The third-order valence-corrected chi connectivity index (χ3v) is 6.85. The summed E-state index contributed by atoms with van der Waals surface area (Å²) in [7, 11) is 0. The van der Waals surface area contributed by atoms with Gasteiger partial charge in [0.2, 0.25) is 5.88 Å². The molecule has 0 radical (unpaired) electrons. The number of nitriles is 1. The predicted molar refractivity (Wildman–Crippen MR) is 136 cm³/mol. The highest BCUT2D eigenvalue weighted by Crippen LogP contribution is 2.47. The number of hydrogen-bond acceptors (Lipinski definition) is 5. The molecule has 1 aromatic heterocycles. The van der Waals surface area contributed by atoms with Gasteiger partial charge in [-0.25, -0.2) is 4.98 Å². The smallest absolute Gasteiger partial charge is 0.222 e. The summed E-state index contributed by atoms with van der Waals surface area (Å²) in [6.07, 6.45) is 8.80. The number of aldehydes is 1. The van der Waals surface area contributed by atoms with Crippen molar-refractivity contribution >= 4 is 17.2 Å². The van der Waals surface area contributed by atoms with Gasteiger partial charge in [0.05, 0.1) is 17.1 Å². The number of carbonyl (C=O) groups excluding carboxylic acids is 1. The van der Waals surface area contributed by atoms with E-state index < -0.39 is 0 Å². The van der Waals surface area contributed by atoms with Crippen LogP contribution in [0.2, 0.25) is 0 Å². The Morgan fingerprint density at radius 1 is 1.18 bits per heavy atom. The minimum absolute atomic E-state index is 0.201. The molecule has 4 rings (SSSR count). The molecule has 1 saturated carbocycles. The van der Waals surface area contributed by atoms with Crippen LogP contribution < -0.4 is 10.5 Å². The van der Waals surface area contributed by atoms with Crippen molar-refractivity contribution in [1.29, 1.82) is 5.26 Å². The first-order chi connectivity index (χ1) is 16.7. The second kappa shape index (κ2) is 11.3. The molecule has 0 aliphatic heterocycles. The highest BCUT2D eigenvalue weighted by Gasteiger charge is 2.28. The fourth-order valence-electron chi connectivity index (χ4n) is 5.16. The number of benzene rings is 2. The Morgan fingerprint density at radius 3 is 2.71 bits per heavy atom. The lowest BCUT2D eigenvalue weighted by molar-refractivity contribution is -0.107. The first-order valence-corrected chi connectivity index (χ1v) is 12.4. The number of unbranched alkanes of at least 4 members (excludes halogenated alkanes) is 1. The molecule has 0 spiro atoms. The van der Waals surface area contributed by atoms with Crippen LogP contribution in [0.15, 0.2) is 42.5 Å². The number of aromatic nitrogens is 1. The van der Waals surface area contributed by atoms with Gasteiger partial charge < -0.3 is 15.3 Å². The normalized spacial score (nSPS) is 15.1. The molecule has 1 aliphatic rings. The van der Waals surface area contributed by atoms with Gasteiger partial charge in [0.1, 0.15) is 12.4 Å². The number of ether oxygens (including phenoxy) is 1. The average Bonchev–Trinajstić information content (AvgIpc) is 2.88. The molecule has 34 heavy (non-hydrogen) atoms. The van der Waals surface area contributed by atoms with Gasteiger partial charge in [-0.15, -0.1) is 0 Å². The van der Waals surface area contributed by atoms with Crippen LogP contribution in [0, 0.1) is 11.3 Å². The molecule has 3 aromatic rings. The number of fused-ring (bicyclic) bond motifs is 1. The standard InChI is InChI=1S/C29H33N3O2/c1-20(18-30)34-29-28(24-15-6-5-13-23(24)19-31)27(22-10-3-2-4-11-22)26-21(12-7-8-17-33)14-9-16-25(26)32-29/h5-6,9,13-17,20,22H,2-4,7-8,10-12,18,30H2,1H3. The number of nitrogens with zero attached hydrogens (tertiary/aromatic N) is 2. The maximum atomic E-state index is 11.0. The van der Waals surface area contributed by atoms with E-state index in [1.54, 1.807) is 0 Å². The van der Waals surface area contributed by atoms with Gasteiger partial charge >= 0.3 is 0 Å². The number of nitrogens with two attached hydrogens (primary N) is 1. The Hall–Kier alpha value is -3.23. The summed E-state index contributed by atoms with van der Waals surface area (Å²) in [5, 5.41) is 11.1. The molecule has 2 aromatic carbocycles. The second-order valence-corrected chi connectivity index (χ2v) is 9.23. The van der Waals surface area contributed by atoms with Gasteiger partial charge in [-0.2, -0.15) is 5.26 Å². The zero-order valence-corrected chi connectivity index (χ0v) is 19.9. The lowest BCUT2D eigenvalue weighted by atomic mass is 9.78. The minimum atomic E-state index is -0.201. The van der Waals surface area contributed by atoms with Crippen LogP contribution in [0.1, 0.15) is 74.5 Å². The van der Waals surface area contributed by atoms with Crippen molar-refractivity contribution in [2.45, 2.75) is 70.3 Å². The molecule has 1 fully saturated rings. The Bertz CT molecular complexity index is 1190. The predicted octanol–water partition coefficient (Wildman–Crippen LogP) is 6.07. The van der Waals surface area contributed by atoms with Gasteiger partial charge in [-0.1, -0.05) is 49.6 Å². The maximum Gasteiger partial charge on any atom is 0.222 e. The second-order valence-electron chi connectivity index (χ2n) is 9.23.